The van der Waals surface area contributed by atoms with Crippen LogP contribution < -0.4 is 0 Å². The molecule has 0 nitrogen and oxygen atoms in total. The molecule has 0 aliphatic heterocycles. The van der Waals surface area contributed by atoms with Gasteiger partial charge in [0.2, 0.25) is 0 Å². The van der Waals surface area contributed by atoms with Gasteiger partial charge in [-0.3, -0.25) is 0 Å². The van der Waals surface area contributed by atoms with Crippen LogP contribution in [-0.2, 0) is 21.1 Å². The molecule has 7 heavy (non-hydrogen) atoms. The SMILES string of the molecule is [CH-]=CC(C)=[C-]C.[W+2]. The first-order valence-electron chi connectivity index (χ1n) is 1.87. The maximum atomic E-state index is 5.06. The fraction of sp³-hybridized carbons (Fsp3) is 0.333. The summed E-state index contributed by atoms with van der Waals surface area (Å²) in [6.45, 7) is 8.79. The number of hydrogen-bond acceptors (Lipinski definition) is 0. The Labute approximate surface area is 59.6 Å². The maximum absolute atomic E-state index is 5.06. The molecule has 0 aromatic carbocycles. The van der Waals surface area contributed by atoms with Crippen molar-refractivity contribution in [1.82, 2.24) is 0 Å². The second-order valence-corrected chi connectivity index (χ2v) is 1.10. The monoisotopic (exact) mass is 264 g/mol. The molecule has 0 aliphatic carbocycles. The Morgan fingerprint density at radius 1 is 1.71 bits per heavy atom. The van der Waals surface area contributed by atoms with Crippen LogP contribution in [0.1, 0.15) is 13.8 Å². The Morgan fingerprint density at radius 2 is 2.14 bits per heavy atom. The van der Waals surface area contributed by atoms with E-state index in [1.807, 2.05) is 13.8 Å². The van der Waals surface area contributed by atoms with E-state index in [4.69, 9.17) is 6.58 Å². The van der Waals surface area contributed by atoms with E-state index in [1.54, 1.807) is 0 Å². The minimum atomic E-state index is 0. The van der Waals surface area contributed by atoms with Gasteiger partial charge in [-0.05, 0) is 0 Å². The average Bonchev–Trinajstić information content (AvgIpc) is 1.65. The van der Waals surface area contributed by atoms with Crippen LogP contribution in [0.25, 0.3) is 0 Å². The zero-order chi connectivity index (χ0) is 4.99. The topological polar surface area (TPSA) is 0 Å². The third-order valence-corrected chi connectivity index (χ3v) is 0.644. The van der Waals surface area contributed by atoms with E-state index in [9.17, 15) is 0 Å². The van der Waals surface area contributed by atoms with Gasteiger partial charge in [0.15, 0.2) is 0 Å². The molecule has 0 amide bonds. The molecule has 0 fully saturated rings. The molecular weight excluding hydrogens is 256 g/mol. The predicted octanol–water partition coefficient (Wildman–Crippen LogP) is 1.74. The standard InChI is InChI=1S/C6H8.W/c1-4-6(3)5-2;/h1,4H,2-3H3;/q-2;+2. The summed E-state index contributed by atoms with van der Waals surface area (Å²) in [6, 6.07) is 0. The number of rotatable bonds is 1. The summed E-state index contributed by atoms with van der Waals surface area (Å²) in [7, 11) is 0. The molecule has 0 N–H and O–H groups in total. The van der Waals surface area contributed by atoms with Crippen molar-refractivity contribution < 1.29 is 21.1 Å². The van der Waals surface area contributed by atoms with Crippen molar-refractivity contribution in [2.45, 2.75) is 13.8 Å². The number of allylic oxidation sites excluding steroid dienone is 3. The van der Waals surface area contributed by atoms with Crippen LogP contribution in [0, 0.1) is 12.7 Å². The second-order valence-electron chi connectivity index (χ2n) is 1.10. The third-order valence-electron chi connectivity index (χ3n) is 0.644. The van der Waals surface area contributed by atoms with Gasteiger partial charge in [0.1, 0.15) is 0 Å². The van der Waals surface area contributed by atoms with Gasteiger partial charge in [0.25, 0.3) is 0 Å². The molecule has 0 bridgehead atoms. The Kier molecular flexibility index (Phi) is 9.00. The molecule has 0 unspecified atom stereocenters. The summed E-state index contributed by atoms with van der Waals surface area (Å²) in [6.07, 6.45) is 4.38. The Bertz CT molecular complexity index is 72.2. The summed E-state index contributed by atoms with van der Waals surface area (Å²) in [5.41, 5.74) is 0.995. The van der Waals surface area contributed by atoms with Crippen LogP contribution in [0.2, 0.25) is 0 Å². The van der Waals surface area contributed by atoms with Crippen LogP contribution >= 0.6 is 0 Å². The van der Waals surface area contributed by atoms with Crippen LogP contribution in [0.5, 0.6) is 0 Å². The Morgan fingerprint density at radius 3 is 2.14 bits per heavy atom. The molecule has 0 rings (SSSR count). The summed E-state index contributed by atoms with van der Waals surface area (Å²) in [4.78, 5) is 0. The van der Waals surface area contributed by atoms with E-state index < -0.39 is 0 Å². The largest absolute Gasteiger partial charge is 2.00 e. The fourth-order valence-corrected chi connectivity index (χ4v) is 0.0833. The van der Waals surface area contributed by atoms with Crippen LogP contribution in [-0.4, -0.2) is 0 Å². The molecule has 0 heterocycles. The van der Waals surface area contributed by atoms with E-state index >= 15 is 0 Å². The van der Waals surface area contributed by atoms with Crippen molar-refractivity contribution in [3.63, 3.8) is 0 Å². The smallest absolute Gasteiger partial charge is 0.394 e. The van der Waals surface area contributed by atoms with Crippen molar-refractivity contribution in [2.24, 2.45) is 0 Å². The predicted molar refractivity (Wildman–Crippen MR) is 27.0 cm³/mol. The summed E-state index contributed by atoms with van der Waals surface area (Å²) < 4.78 is 0. The second kappa shape index (κ2) is 6.17. The molecule has 1 heteroatoms. The van der Waals surface area contributed by atoms with Crippen molar-refractivity contribution in [2.75, 3.05) is 0 Å². The van der Waals surface area contributed by atoms with E-state index in [0.717, 1.165) is 5.57 Å². The number of hydrogen-bond donors (Lipinski definition) is 0. The van der Waals surface area contributed by atoms with E-state index in [-0.39, 0.29) is 21.1 Å². The molecule has 0 spiro atoms. The molecule has 0 aliphatic rings. The van der Waals surface area contributed by atoms with Crippen LogP contribution in [0.3, 0.4) is 0 Å². The Hall–Kier alpha value is 0.168. The van der Waals surface area contributed by atoms with Gasteiger partial charge < -0.3 is 24.3 Å². The first-order valence-corrected chi connectivity index (χ1v) is 1.87. The summed E-state index contributed by atoms with van der Waals surface area (Å²) in [5.74, 6) is 0. The normalized spacial score (nSPS) is 9.71. The van der Waals surface area contributed by atoms with Crippen LogP contribution in [0.4, 0.5) is 0 Å². The van der Waals surface area contributed by atoms with Gasteiger partial charge in [-0.1, -0.05) is 0 Å². The van der Waals surface area contributed by atoms with E-state index in [2.05, 4.69) is 6.08 Å². The molecular formula is C6H8W. The summed E-state index contributed by atoms with van der Waals surface area (Å²) >= 11 is 0. The van der Waals surface area contributed by atoms with Crippen LogP contribution in [0.15, 0.2) is 11.6 Å². The van der Waals surface area contributed by atoms with E-state index in [0.29, 0.717) is 0 Å². The zero-order valence-electron chi connectivity index (χ0n) is 4.56. The quantitative estimate of drug-likeness (QED) is 0.500. The van der Waals surface area contributed by atoms with Crippen molar-refractivity contribution in [1.29, 1.82) is 0 Å². The first-order chi connectivity index (χ1) is 2.81. The third kappa shape index (κ3) is 6.17. The zero-order valence-corrected chi connectivity index (χ0v) is 7.50. The minimum absolute atomic E-state index is 0. The molecule has 0 saturated carbocycles. The molecule has 0 aromatic rings. The molecule has 0 atom stereocenters. The van der Waals surface area contributed by atoms with Gasteiger partial charge in [-0.15, -0.1) is 13.8 Å². The van der Waals surface area contributed by atoms with Crippen molar-refractivity contribution >= 4 is 0 Å². The molecule has 0 aromatic heterocycles. The Balaban J connectivity index is 0. The minimum Gasteiger partial charge on any atom is -0.394 e. The van der Waals surface area contributed by atoms with Gasteiger partial charge in [0, 0.05) is 0 Å². The van der Waals surface area contributed by atoms with Crippen molar-refractivity contribution in [3.8, 4) is 0 Å². The van der Waals surface area contributed by atoms with E-state index in [1.165, 1.54) is 6.08 Å². The molecule has 0 saturated heterocycles. The van der Waals surface area contributed by atoms with Gasteiger partial charge >= 0.3 is 21.1 Å². The van der Waals surface area contributed by atoms with Crippen molar-refractivity contribution in [3.05, 3.63) is 24.3 Å². The molecule has 0 radical (unpaired) electrons. The fourth-order valence-electron chi connectivity index (χ4n) is 0.0833. The molecule has 38 valence electrons. The maximum Gasteiger partial charge on any atom is 2.00 e. The summed E-state index contributed by atoms with van der Waals surface area (Å²) in [5, 5.41) is 0. The van der Waals surface area contributed by atoms with Gasteiger partial charge in [-0.25, -0.2) is 0 Å². The van der Waals surface area contributed by atoms with Gasteiger partial charge in [0.05, 0.1) is 0 Å². The van der Waals surface area contributed by atoms with Gasteiger partial charge in [-0.2, -0.15) is 0 Å². The average molecular weight is 264 g/mol. The first kappa shape index (κ1) is 10.2.